The number of carbonyl (C=O) groups is 1. The van der Waals surface area contributed by atoms with E-state index in [4.69, 9.17) is 14.2 Å². The highest BCUT2D eigenvalue weighted by molar-refractivity contribution is 6.11. The summed E-state index contributed by atoms with van der Waals surface area (Å²) in [5.74, 6) is 2.16. The third kappa shape index (κ3) is 2.62. The first-order chi connectivity index (χ1) is 14.2. The molecule has 3 heterocycles. The zero-order valence-electron chi connectivity index (χ0n) is 16.9. The molecule has 2 aromatic rings. The van der Waals surface area contributed by atoms with Gasteiger partial charge in [-0.05, 0) is 43.8 Å². The van der Waals surface area contributed by atoms with E-state index >= 15 is 0 Å². The summed E-state index contributed by atoms with van der Waals surface area (Å²) in [7, 11) is 0. The molecule has 6 heteroatoms. The average Bonchev–Trinajstić information content (AvgIpc) is 3.42. The summed E-state index contributed by atoms with van der Waals surface area (Å²) in [5.41, 5.74) is 2.09. The zero-order chi connectivity index (χ0) is 20.0. The van der Waals surface area contributed by atoms with Gasteiger partial charge in [0.2, 0.25) is 12.7 Å². The second-order valence-corrected chi connectivity index (χ2v) is 7.75. The number of para-hydroxylation sites is 1. The van der Waals surface area contributed by atoms with E-state index in [1.807, 2.05) is 35.2 Å². The maximum absolute atomic E-state index is 13.8. The molecule has 1 spiro atoms. The second kappa shape index (κ2) is 6.95. The average molecular weight is 394 g/mol. The van der Waals surface area contributed by atoms with Crippen LogP contribution in [0.2, 0.25) is 0 Å². The SMILES string of the molecule is CCN(CC)CCCN1C(=O)C2(COc3cc4c(cc32)OCO4)c2ccccc21. The van der Waals surface area contributed by atoms with Crippen molar-refractivity contribution in [2.24, 2.45) is 0 Å². The Morgan fingerprint density at radius 1 is 1.00 bits per heavy atom. The predicted octanol–water partition coefficient (Wildman–Crippen LogP) is 3.17. The molecular formula is C23H26N2O4. The molecule has 0 aliphatic carbocycles. The van der Waals surface area contributed by atoms with E-state index in [9.17, 15) is 4.79 Å². The van der Waals surface area contributed by atoms with Crippen molar-refractivity contribution in [1.29, 1.82) is 0 Å². The molecule has 3 aliphatic heterocycles. The van der Waals surface area contributed by atoms with Gasteiger partial charge in [0.15, 0.2) is 11.5 Å². The van der Waals surface area contributed by atoms with E-state index in [2.05, 4.69) is 24.8 Å². The van der Waals surface area contributed by atoms with E-state index in [0.29, 0.717) is 30.4 Å². The van der Waals surface area contributed by atoms with Gasteiger partial charge in [-0.1, -0.05) is 32.0 Å². The van der Waals surface area contributed by atoms with Gasteiger partial charge in [0.1, 0.15) is 17.8 Å². The van der Waals surface area contributed by atoms with Crippen LogP contribution in [0.1, 0.15) is 31.4 Å². The summed E-state index contributed by atoms with van der Waals surface area (Å²) < 4.78 is 17.1. The molecule has 6 nitrogen and oxygen atoms in total. The maximum atomic E-state index is 13.8. The van der Waals surface area contributed by atoms with Crippen LogP contribution in [0.25, 0.3) is 0 Å². The minimum absolute atomic E-state index is 0.0934. The fraction of sp³-hybridized carbons (Fsp3) is 0.435. The molecule has 3 aliphatic rings. The number of anilines is 1. The largest absolute Gasteiger partial charge is 0.491 e. The summed E-state index contributed by atoms with van der Waals surface area (Å²) in [4.78, 5) is 18.2. The molecular weight excluding hydrogens is 368 g/mol. The molecule has 1 amide bonds. The number of hydrogen-bond acceptors (Lipinski definition) is 5. The first-order valence-corrected chi connectivity index (χ1v) is 10.4. The molecule has 2 aromatic carbocycles. The molecule has 0 saturated carbocycles. The lowest BCUT2D eigenvalue weighted by atomic mass is 9.77. The number of hydrogen-bond donors (Lipinski definition) is 0. The Labute approximate surface area is 171 Å². The highest BCUT2D eigenvalue weighted by atomic mass is 16.7. The van der Waals surface area contributed by atoms with Crippen molar-refractivity contribution in [3.05, 3.63) is 47.5 Å². The van der Waals surface area contributed by atoms with E-state index in [1.165, 1.54) is 0 Å². The van der Waals surface area contributed by atoms with Crippen molar-refractivity contribution in [2.75, 3.05) is 44.5 Å². The van der Waals surface area contributed by atoms with Gasteiger partial charge in [0.05, 0.1) is 0 Å². The van der Waals surface area contributed by atoms with Crippen LogP contribution in [-0.4, -0.2) is 50.4 Å². The molecule has 0 saturated heterocycles. The molecule has 1 atom stereocenters. The Hall–Kier alpha value is -2.73. The van der Waals surface area contributed by atoms with Crippen molar-refractivity contribution < 1.29 is 19.0 Å². The number of rotatable bonds is 6. The van der Waals surface area contributed by atoms with Crippen molar-refractivity contribution >= 4 is 11.6 Å². The van der Waals surface area contributed by atoms with Crippen LogP contribution in [0.5, 0.6) is 17.2 Å². The van der Waals surface area contributed by atoms with Crippen molar-refractivity contribution in [3.63, 3.8) is 0 Å². The van der Waals surface area contributed by atoms with Crippen molar-refractivity contribution in [2.45, 2.75) is 25.7 Å². The van der Waals surface area contributed by atoms with Crippen LogP contribution >= 0.6 is 0 Å². The third-order valence-electron chi connectivity index (χ3n) is 6.39. The van der Waals surface area contributed by atoms with Gasteiger partial charge < -0.3 is 24.0 Å². The lowest BCUT2D eigenvalue weighted by Crippen LogP contribution is -2.43. The molecule has 0 fully saturated rings. The third-order valence-corrected chi connectivity index (χ3v) is 6.39. The topological polar surface area (TPSA) is 51.2 Å². The second-order valence-electron chi connectivity index (χ2n) is 7.75. The Kier molecular flexibility index (Phi) is 4.39. The number of fused-ring (bicyclic) bond motifs is 5. The standard InChI is InChI=1S/C23H26N2O4/c1-3-24(4-2)10-7-11-25-18-9-6-5-8-16(18)23(22(25)26)14-27-19-13-21-20(12-17(19)23)28-15-29-21/h5-6,8-9,12-13H,3-4,7,10-11,14-15H2,1-2H3. The van der Waals surface area contributed by atoms with E-state index < -0.39 is 5.41 Å². The molecule has 1 unspecified atom stereocenters. The molecule has 29 heavy (non-hydrogen) atoms. The summed E-state index contributed by atoms with van der Waals surface area (Å²) >= 11 is 0. The van der Waals surface area contributed by atoms with Crippen LogP contribution in [0.4, 0.5) is 5.69 Å². The highest BCUT2D eigenvalue weighted by Gasteiger charge is 2.57. The predicted molar refractivity (Wildman–Crippen MR) is 110 cm³/mol. The number of benzene rings is 2. The Morgan fingerprint density at radius 2 is 1.76 bits per heavy atom. The van der Waals surface area contributed by atoms with Gasteiger partial charge in [-0.2, -0.15) is 0 Å². The van der Waals surface area contributed by atoms with Gasteiger partial charge >= 0.3 is 0 Å². The van der Waals surface area contributed by atoms with Crippen LogP contribution in [0.15, 0.2) is 36.4 Å². The maximum Gasteiger partial charge on any atom is 0.245 e. The quantitative estimate of drug-likeness (QED) is 0.753. The van der Waals surface area contributed by atoms with Gasteiger partial charge in [0.25, 0.3) is 0 Å². The molecule has 0 N–H and O–H groups in total. The fourth-order valence-electron chi connectivity index (χ4n) is 4.78. The van der Waals surface area contributed by atoms with E-state index in [0.717, 1.165) is 42.9 Å². The van der Waals surface area contributed by atoms with Crippen LogP contribution in [-0.2, 0) is 10.2 Å². The number of nitrogens with zero attached hydrogens (tertiary/aromatic N) is 2. The molecule has 152 valence electrons. The lowest BCUT2D eigenvalue weighted by molar-refractivity contribution is -0.122. The first kappa shape index (κ1) is 18.3. The van der Waals surface area contributed by atoms with Gasteiger partial charge in [-0.3, -0.25) is 4.79 Å². The van der Waals surface area contributed by atoms with Gasteiger partial charge in [-0.25, -0.2) is 0 Å². The molecule has 0 radical (unpaired) electrons. The summed E-state index contributed by atoms with van der Waals surface area (Å²) in [6.45, 7) is 8.60. The molecule has 5 rings (SSSR count). The van der Waals surface area contributed by atoms with Crippen molar-refractivity contribution in [3.8, 4) is 17.2 Å². The monoisotopic (exact) mass is 394 g/mol. The smallest absolute Gasteiger partial charge is 0.245 e. The Balaban J connectivity index is 1.51. The van der Waals surface area contributed by atoms with Gasteiger partial charge in [-0.15, -0.1) is 0 Å². The first-order valence-electron chi connectivity index (χ1n) is 10.4. The van der Waals surface area contributed by atoms with Crippen LogP contribution in [0.3, 0.4) is 0 Å². The number of ether oxygens (including phenoxy) is 3. The van der Waals surface area contributed by atoms with Crippen LogP contribution < -0.4 is 19.1 Å². The van der Waals surface area contributed by atoms with Gasteiger partial charge in [0, 0.05) is 23.9 Å². The lowest BCUT2D eigenvalue weighted by Gasteiger charge is -2.24. The normalized spacial score (nSPS) is 21.1. The zero-order valence-corrected chi connectivity index (χ0v) is 16.9. The molecule has 0 bridgehead atoms. The Bertz CT molecular complexity index is 956. The summed E-state index contributed by atoms with van der Waals surface area (Å²) in [6.07, 6.45) is 0.937. The number of amides is 1. The Morgan fingerprint density at radius 3 is 2.55 bits per heavy atom. The fourth-order valence-corrected chi connectivity index (χ4v) is 4.78. The minimum atomic E-state index is -0.803. The van der Waals surface area contributed by atoms with E-state index in [1.54, 1.807) is 0 Å². The number of carbonyl (C=O) groups excluding carboxylic acids is 1. The minimum Gasteiger partial charge on any atom is -0.491 e. The summed E-state index contributed by atoms with van der Waals surface area (Å²) in [5, 5.41) is 0. The van der Waals surface area contributed by atoms with Crippen molar-refractivity contribution in [1.82, 2.24) is 4.90 Å². The van der Waals surface area contributed by atoms with E-state index in [-0.39, 0.29) is 12.7 Å². The highest BCUT2D eigenvalue weighted by Crippen LogP contribution is 2.54. The molecule has 0 aromatic heterocycles. The summed E-state index contributed by atoms with van der Waals surface area (Å²) in [6, 6.07) is 11.9. The van der Waals surface area contributed by atoms with Crippen LogP contribution in [0, 0.1) is 0 Å².